The molecule has 2 rings (SSSR count). The minimum Gasteiger partial charge on any atom is -0.408 e. The molecule has 0 heterocycles. The third-order valence-electron chi connectivity index (χ3n) is 2.81. The second-order valence-electron chi connectivity index (χ2n) is 4.65. The van der Waals surface area contributed by atoms with Gasteiger partial charge < -0.3 is 9.64 Å². The van der Waals surface area contributed by atoms with E-state index in [4.69, 9.17) is 39.5 Å². The van der Waals surface area contributed by atoms with Crippen LogP contribution >= 0.6 is 34.8 Å². The topological polar surface area (TPSA) is 41.6 Å². The van der Waals surface area contributed by atoms with Gasteiger partial charge in [-0.15, -0.1) is 0 Å². The Kier molecular flexibility index (Phi) is 5.40. The van der Waals surface area contributed by atoms with Crippen LogP contribution in [-0.2, 0) is 0 Å². The van der Waals surface area contributed by atoms with Crippen LogP contribution in [0, 0.1) is 0 Å². The van der Waals surface area contributed by atoms with E-state index in [0.29, 0.717) is 10.7 Å². The van der Waals surface area contributed by atoms with Crippen molar-refractivity contribution in [2.24, 2.45) is 0 Å². The SMILES string of the molecule is CN(C)c1ccc(NC(=O)Oc2cc(Cl)c(Cl)cc2Cl)cc1. The zero-order chi connectivity index (χ0) is 16.3. The molecule has 0 spiro atoms. The average molecular weight is 360 g/mol. The first-order valence-electron chi connectivity index (χ1n) is 6.27. The number of nitrogens with zero attached hydrogens (tertiary/aromatic N) is 1. The van der Waals surface area contributed by atoms with Gasteiger partial charge in [-0.2, -0.15) is 0 Å². The van der Waals surface area contributed by atoms with E-state index in [-0.39, 0.29) is 15.8 Å². The van der Waals surface area contributed by atoms with Crippen LogP contribution in [0.1, 0.15) is 0 Å². The Hall–Kier alpha value is -1.62. The molecule has 0 radical (unpaired) electrons. The van der Waals surface area contributed by atoms with Crippen molar-refractivity contribution in [1.82, 2.24) is 0 Å². The first-order chi connectivity index (χ1) is 10.4. The van der Waals surface area contributed by atoms with Gasteiger partial charge in [0.1, 0.15) is 0 Å². The van der Waals surface area contributed by atoms with Crippen molar-refractivity contribution in [2.75, 3.05) is 24.3 Å². The Bertz CT molecular complexity index is 688. The molecular formula is C15H13Cl3N2O2. The standard InChI is InChI=1S/C15H13Cl3N2O2/c1-20(2)10-5-3-9(4-6-10)19-15(21)22-14-8-12(17)11(16)7-13(14)18/h3-8H,1-2H3,(H,19,21). The smallest absolute Gasteiger partial charge is 0.408 e. The molecule has 1 N–H and O–H groups in total. The van der Waals surface area contributed by atoms with Gasteiger partial charge in [0.15, 0.2) is 5.75 Å². The van der Waals surface area contributed by atoms with Gasteiger partial charge in [-0.1, -0.05) is 34.8 Å². The maximum Gasteiger partial charge on any atom is 0.417 e. The summed E-state index contributed by atoms with van der Waals surface area (Å²) in [5.74, 6) is 0.137. The van der Waals surface area contributed by atoms with Gasteiger partial charge in [-0.25, -0.2) is 4.79 Å². The third kappa shape index (κ3) is 4.19. The highest BCUT2D eigenvalue weighted by atomic mass is 35.5. The Morgan fingerprint density at radius 1 is 1.00 bits per heavy atom. The Balaban J connectivity index is 2.05. The van der Waals surface area contributed by atoms with E-state index in [1.165, 1.54) is 12.1 Å². The fourth-order valence-corrected chi connectivity index (χ4v) is 2.24. The van der Waals surface area contributed by atoms with E-state index in [2.05, 4.69) is 5.32 Å². The predicted molar refractivity (Wildman–Crippen MR) is 91.9 cm³/mol. The van der Waals surface area contributed by atoms with Crippen LogP contribution in [-0.4, -0.2) is 20.2 Å². The van der Waals surface area contributed by atoms with Crippen molar-refractivity contribution in [1.29, 1.82) is 0 Å². The quantitative estimate of drug-likeness (QED) is 0.754. The first-order valence-corrected chi connectivity index (χ1v) is 7.41. The normalized spacial score (nSPS) is 10.2. The summed E-state index contributed by atoms with van der Waals surface area (Å²) in [6, 6.07) is 10.1. The van der Waals surface area contributed by atoms with Crippen LogP contribution in [0.3, 0.4) is 0 Å². The number of nitrogens with one attached hydrogen (secondary N) is 1. The molecule has 4 nitrogen and oxygen atoms in total. The van der Waals surface area contributed by atoms with Crippen molar-refractivity contribution >= 4 is 52.3 Å². The molecule has 0 aromatic heterocycles. The summed E-state index contributed by atoms with van der Waals surface area (Å²) in [7, 11) is 3.87. The fraction of sp³-hybridized carbons (Fsp3) is 0.133. The minimum atomic E-state index is -0.669. The van der Waals surface area contributed by atoms with Crippen molar-refractivity contribution in [3.05, 3.63) is 51.5 Å². The third-order valence-corrected chi connectivity index (χ3v) is 3.83. The second kappa shape index (κ2) is 7.09. The Morgan fingerprint density at radius 2 is 1.59 bits per heavy atom. The lowest BCUT2D eigenvalue weighted by molar-refractivity contribution is 0.215. The van der Waals surface area contributed by atoms with Gasteiger partial charge in [-0.05, 0) is 30.3 Å². The lowest BCUT2D eigenvalue weighted by Crippen LogP contribution is -2.17. The van der Waals surface area contributed by atoms with Crippen LogP contribution in [0.5, 0.6) is 5.75 Å². The molecule has 0 bridgehead atoms. The van der Waals surface area contributed by atoms with Crippen LogP contribution < -0.4 is 15.0 Å². The van der Waals surface area contributed by atoms with Gasteiger partial charge >= 0.3 is 6.09 Å². The molecule has 0 fully saturated rings. The molecule has 2 aromatic carbocycles. The molecule has 0 aliphatic heterocycles. The highest BCUT2D eigenvalue weighted by Gasteiger charge is 2.12. The molecule has 0 atom stereocenters. The Labute approximate surface area is 143 Å². The van der Waals surface area contributed by atoms with E-state index in [9.17, 15) is 4.79 Å². The molecule has 0 saturated heterocycles. The number of anilines is 2. The molecule has 0 unspecified atom stereocenters. The molecular weight excluding hydrogens is 347 g/mol. The fourth-order valence-electron chi connectivity index (χ4n) is 1.67. The number of hydrogen-bond donors (Lipinski definition) is 1. The summed E-state index contributed by atoms with van der Waals surface area (Å²) >= 11 is 17.6. The zero-order valence-electron chi connectivity index (χ0n) is 11.9. The Morgan fingerprint density at radius 3 is 2.18 bits per heavy atom. The van der Waals surface area contributed by atoms with Crippen molar-refractivity contribution in [3.63, 3.8) is 0 Å². The number of carbonyl (C=O) groups excluding carboxylic acids is 1. The summed E-state index contributed by atoms with van der Waals surface area (Å²) < 4.78 is 5.13. The van der Waals surface area contributed by atoms with Gasteiger partial charge in [0.05, 0.1) is 15.1 Å². The molecule has 0 aliphatic carbocycles. The van der Waals surface area contributed by atoms with E-state index in [0.717, 1.165) is 5.69 Å². The van der Waals surface area contributed by atoms with Crippen LogP contribution in [0.2, 0.25) is 15.1 Å². The van der Waals surface area contributed by atoms with Gasteiger partial charge in [-0.3, -0.25) is 5.32 Å². The summed E-state index contributed by atoms with van der Waals surface area (Å²) in [6.07, 6.45) is -0.669. The monoisotopic (exact) mass is 358 g/mol. The van der Waals surface area contributed by atoms with E-state index < -0.39 is 6.09 Å². The number of carbonyl (C=O) groups is 1. The lowest BCUT2D eigenvalue weighted by Gasteiger charge is -2.13. The van der Waals surface area contributed by atoms with Crippen molar-refractivity contribution in [3.8, 4) is 5.75 Å². The van der Waals surface area contributed by atoms with Crippen LogP contribution in [0.4, 0.5) is 16.2 Å². The highest BCUT2D eigenvalue weighted by Crippen LogP contribution is 2.34. The second-order valence-corrected chi connectivity index (χ2v) is 5.87. The zero-order valence-corrected chi connectivity index (χ0v) is 14.1. The summed E-state index contributed by atoms with van der Waals surface area (Å²) in [4.78, 5) is 13.8. The van der Waals surface area contributed by atoms with Gasteiger partial charge in [0.2, 0.25) is 0 Å². The van der Waals surface area contributed by atoms with Gasteiger partial charge in [0, 0.05) is 31.5 Å². The molecule has 0 aliphatic rings. The molecule has 2 aromatic rings. The highest BCUT2D eigenvalue weighted by molar-refractivity contribution is 6.43. The largest absolute Gasteiger partial charge is 0.417 e. The van der Waals surface area contributed by atoms with E-state index in [1.54, 1.807) is 12.1 Å². The summed E-state index contributed by atoms with van der Waals surface area (Å²) in [5, 5.41) is 3.35. The molecule has 116 valence electrons. The van der Waals surface area contributed by atoms with Crippen molar-refractivity contribution < 1.29 is 9.53 Å². The lowest BCUT2D eigenvalue weighted by atomic mass is 10.2. The number of rotatable bonds is 3. The van der Waals surface area contributed by atoms with Crippen LogP contribution in [0.25, 0.3) is 0 Å². The minimum absolute atomic E-state index is 0.137. The number of ether oxygens (including phenoxy) is 1. The number of benzene rings is 2. The summed E-state index contributed by atoms with van der Waals surface area (Å²) in [6.45, 7) is 0. The van der Waals surface area contributed by atoms with Gasteiger partial charge in [0.25, 0.3) is 0 Å². The maximum atomic E-state index is 11.9. The molecule has 7 heteroatoms. The maximum absolute atomic E-state index is 11.9. The van der Waals surface area contributed by atoms with E-state index >= 15 is 0 Å². The number of hydrogen-bond acceptors (Lipinski definition) is 3. The predicted octanol–water partition coefficient (Wildman–Crippen LogP) is 5.32. The number of amides is 1. The number of halogens is 3. The first kappa shape index (κ1) is 16.7. The summed E-state index contributed by atoms with van der Waals surface area (Å²) in [5.41, 5.74) is 1.62. The average Bonchev–Trinajstić information content (AvgIpc) is 2.45. The van der Waals surface area contributed by atoms with Crippen LogP contribution in [0.15, 0.2) is 36.4 Å². The molecule has 0 saturated carbocycles. The molecule has 1 amide bonds. The van der Waals surface area contributed by atoms with E-state index in [1.807, 2.05) is 31.1 Å². The molecule has 22 heavy (non-hydrogen) atoms. The van der Waals surface area contributed by atoms with Crippen molar-refractivity contribution in [2.45, 2.75) is 0 Å².